The zero-order chi connectivity index (χ0) is 19.3. The zero-order valence-corrected chi connectivity index (χ0v) is 15.6. The molecule has 0 bridgehead atoms. The fourth-order valence-corrected chi connectivity index (χ4v) is 3.13. The Labute approximate surface area is 163 Å². The summed E-state index contributed by atoms with van der Waals surface area (Å²) < 4.78 is 11.0. The number of rotatable bonds is 4. The van der Waals surface area contributed by atoms with E-state index in [-0.39, 0.29) is 6.03 Å². The largest absolute Gasteiger partial charge is 0.497 e. The molecule has 3 aromatic rings. The highest BCUT2D eigenvalue weighted by molar-refractivity contribution is 6.02. The Morgan fingerprint density at radius 1 is 1.14 bits per heavy atom. The lowest BCUT2D eigenvalue weighted by atomic mass is 10.1. The van der Waals surface area contributed by atoms with Crippen LogP contribution >= 0.6 is 0 Å². The molecule has 0 radical (unpaired) electrons. The van der Waals surface area contributed by atoms with E-state index in [0.29, 0.717) is 24.7 Å². The van der Waals surface area contributed by atoms with Crippen LogP contribution in [0.1, 0.15) is 11.1 Å². The van der Waals surface area contributed by atoms with Gasteiger partial charge in [-0.25, -0.2) is 9.78 Å². The zero-order valence-electron chi connectivity index (χ0n) is 15.6. The van der Waals surface area contributed by atoms with Crippen molar-refractivity contribution in [1.29, 1.82) is 0 Å². The van der Waals surface area contributed by atoms with E-state index in [1.54, 1.807) is 18.2 Å². The number of benzene rings is 2. The SMILES string of the molecule is COc1ccc(Cc2cnc3c(c2)OCCN3C(=O)Nc2ccccc2)cc1. The van der Waals surface area contributed by atoms with Gasteiger partial charge in [0.1, 0.15) is 12.4 Å². The van der Waals surface area contributed by atoms with Gasteiger partial charge < -0.3 is 14.8 Å². The van der Waals surface area contributed by atoms with Crippen LogP contribution in [0.5, 0.6) is 11.5 Å². The first kappa shape index (κ1) is 17.9. The van der Waals surface area contributed by atoms with Gasteiger partial charge in [-0.2, -0.15) is 0 Å². The summed E-state index contributed by atoms with van der Waals surface area (Å²) in [7, 11) is 1.65. The smallest absolute Gasteiger partial charge is 0.327 e. The van der Waals surface area contributed by atoms with Gasteiger partial charge in [0.25, 0.3) is 0 Å². The van der Waals surface area contributed by atoms with E-state index < -0.39 is 0 Å². The van der Waals surface area contributed by atoms with Crippen molar-refractivity contribution < 1.29 is 14.3 Å². The summed E-state index contributed by atoms with van der Waals surface area (Å²) in [6.07, 6.45) is 2.52. The van der Waals surface area contributed by atoms with Crippen molar-refractivity contribution in [3.8, 4) is 11.5 Å². The van der Waals surface area contributed by atoms with Crippen LogP contribution in [0.3, 0.4) is 0 Å². The minimum atomic E-state index is -0.217. The molecule has 0 fully saturated rings. The lowest BCUT2D eigenvalue weighted by Crippen LogP contribution is -2.41. The summed E-state index contributed by atoms with van der Waals surface area (Å²) in [4.78, 5) is 18.8. The normalized spacial score (nSPS) is 12.7. The second-order valence-corrected chi connectivity index (χ2v) is 6.49. The van der Waals surface area contributed by atoms with Crippen molar-refractivity contribution in [2.24, 2.45) is 0 Å². The predicted octanol–water partition coefficient (Wildman–Crippen LogP) is 4.11. The number of pyridine rings is 1. The third-order valence-corrected chi connectivity index (χ3v) is 4.56. The summed E-state index contributed by atoms with van der Waals surface area (Å²) in [5.41, 5.74) is 2.92. The number of aromatic nitrogens is 1. The van der Waals surface area contributed by atoms with Gasteiger partial charge in [0, 0.05) is 11.9 Å². The fourth-order valence-electron chi connectivity index (χ4n) is 3.13. The van der Waals surface area contributed by atoms with E-state index in [1.807, 2.05) is 60.7 Å². The van der Waals surface area contributed by atoms with Gasteiger partial charge in [-0.3, -0.25) is 4.90 Å². The highest BCUT2D eigenvalue weighted by Crippen LogP contribution is 2.31. The van der Waals surface area contributed by atoms with Crippen LogP contribution in [-0.4, -0.2) is 31.3 Å². The third-order valence-electron chi connectivity index (χ3n) is 4.56. The number of nitrogens with zero attached hydrogens (tertiary/aromatic N) is 2. The van der Waals surface area contributed by atoms with Crippen molar-refractivity contribution in [2.75, 3.05) is 30.5 Å². The molecule has 0 saturated heterocycles. The van der Waals surface area contributed by atoms with Crippen LogP contribution in [-0.2, 0) is 6.42 Å². The molecule has 2 heterocycles. The number of para-hydroxylation sites is 1. The average molecular weight is 375 g/mol. The number of hydrogen-bond donors (Lipinski definition) is 1. The molecule has 1 N–H and O–H groups in total. The van der Waals surface area contributed by atoms with Gasteiger partial charge in [-0.15, -0.1) is 0 Å². The van der Waals surface area contributed by atoms with Crippen LogP contribution in [0.25, 0.3) is 0 Å². The third kappa shape index (κ3) is 3.91. The summed E-state index contributed by atoms with van der Waals surface area (Å²) in [5.74, 6) is 1.99. The molecule has 4 rings (SSSR count). The maximum absolute atomic E-state index is 12.7. The number of methoxy groups -OCH3 is 1. The first-order chi connectivity index (χ1) is 13.7. The van der Waals surface area contributed by atoms with Crippen LogP contribution in [0.2, 0.25) is 0 Å². The minimum Gasteiger partial charge on any atom is -0.497 e. The van der Waals surface area contributed by atoms with Crippen molar-refractivity contribution in [3.05, 3.63) is 78.0 Å². The van der Waals surface area contributed by atoms with Crippen LogP contribution in [0.4, 0.5) is 16.3 Å². The Morgan fingerprint density at radius 2 is 1.93 bits per heavy atom. The number of nitrogens with one attached hydrogen (secondary N) is 1. The van der Waals surface area contributed by atoms with E-state index >= 15 is 0 Å². The van der Waals surface area contributed by atoms with Gasteiger partial charge in [-0.1, -0.05) is 30.3 Å². The minimum absolute atomic E-state index is 0.217. The number of carbonyl (C=O) groups excluding carboxylic acids is 1. The number of ether oxygens (including phenoxy) is 2. The molecule has 2 amide bonds. The Morgan fingerprint density at radius 3 is 2.68 bits per heavy atom. The van der Waals surface area contributed by atoms with Crippen molar-refractivity contribution >= 4 is 17.5 Å². The molecule has 6 heteroatoms. The van der Waals surface area contributed by atoms with Gasteiger partial charge in [-0.05, 0) is 47.9 Å². The first-order valence-electron chi connectivity index (χ1n) is 9.11. The van der Waals surface area contributed by atoms with Crippen LogP contribution in [0, 0.1) is 0 Å². The number of carbonyl (C=O) groups is 1. The molecule has 28 heavy (non-hydrogen) atoms. The number of amides is 2. The molecule has 142 valence electrons. The molecule has 6 nitrogen and oxygen atoms in total. The number of fused-ring (bicyclic) bond motifs is 1. The second kappa shape index (κ2) is 8.00. The van der Waals surface area contributed by atoms with Gasteiger partial charge >= 0.3 is 6.03 Å². The standard InChI is InChI=1S/C22H21N3O3/c1-27-19-9-7-16(8-10-19)13-17-14-20-21(23-15-17)25(11-12-28-20)22(26)24-18-5-3-2-4-6-18/h2-10,14-15H,11-13H2,1H3,(H,24,26). The maximum atomic E-state index is 12.7. The highest BCUT2D eigenvalue weighted by atomic mass is 16.5. The molecular weight excluding hydrogens is 354 g/mol. The number of hydrogen-bond acceptors (Lipinski definition) is 4. The number of anilines is 2. The molecule has 0 atom stereocenters. The van der Waals surface area contributed by atoms with E-state index in [1.165, 1.54) is 0 Å². The molecule has 0 unspecified atom stereocenters. The molecule has 1 aliphatic rings. The molecule has 2 aromatic carbocycles. The monoisotopic (exact) mass is 375 g/mol. The van der Waals surface area contributed by atoms with Crippen molar-refractivity contribution in [2.45, 2.75) is 6.42 Å². The molecule has 0 aliphatic carbocycles. The topological polar surface area (TPSA) is 63.7 Å². The molecule has 0 spiro atoms. The summed E-state index contributed by atoms with van der Waals surface area (Å²) >= 11 is 0. The van der Waals surface area contributed by atoms with Gasteiger partial charge in [0.2, 0.25) is 0 Å². The molecule has 1 aliphatic heterocycles. The van der Waals surface area contributed by atoms with E-state index in [9.17, 15) is 4.79 Å². The Kier molecular flexibility index (Phi) is 5.10. The van der Waals surface area contributed by atoms with Crippen molar-refractivity contribution in [3.63, 3.8) is 0 Å². The van der Waals surface area contributed by atoms with E-state index in [0.717, 1.165) is 29.0 Å². The number of urea groups is 1. The summed E-state index contributed by atoms with van der Waals surface area (Å²) in [6, 6.07) is 19.0. The van der Waals surface area contributed by atoms with Gasteiger partial charge in [0.15, 0.2) is 11.6 Å². The lowest BCUT2D eigenvalue weighted by Gasteiger charge is -2.28. The quantitative estimate of drug-likeness (QED) is 0.745. The Hall–Kier alpha value is -3.54. The lowest BCUT2D eigenvalue weighted by molar-refractivity contribution is 0.249. The summed E-state index contributed by atoms with van der Waals surface area (Å²) in [5, 5.41) is 2.90. The summed E-state index contributed by atoms with van der Waals surface area (Å²) in [6.45, 7) is 0.888. The van der Waals surface area contributed by atoms with Crippen LogP contribution < -0.4 is 19.7 Å². The highest BCUT2D eigenvalue weighted by Gasteiger charge is 2.25. The predicted molar refractivity (Wildman–Crippen MR) is 108 cm³/mol. The Bertz CT molecular complexity index is 959. The van der Waals surface area contributed by atoms with E-state index in [2.05, 4.69) is 10.3 Å². The molecule has 0 saturated carbocycles. The molecular formula is C22H21N3O3. The fraction of sp³-hybridized carbons (Fsp3) is 0.182. The van der Waals surface area contributed by atoms with Gasteiger partial charge in [0.05, 0.1) is 13.7 Å². The maximum Gasteiger partial charge on any atom is 0.327 e. The average Bonchev–Trinajstić information content (AvgIpc) is 2.74. The Balaban J connectivity index is 1.51. The first-order valence-corrected chi connectivity index (χ1v) is 9.11. The van der Waals surface area contributed by atoms with Crippen LogP contribution in [0.15, 0.2) is 66.9 Å². The second-order valence-electron chi connectivity index (χ2n) is 6.49. The molecule has 1 aromatic heterocycles. The van der Waals surface area contributed by atoms with E-state index in [4.69, 9.17) is 9.47 Å². The van der Waals surface area contributed by atoms with Crippen molar-refractivity contribution in [1.82, 2.24) is 4.98 Å².